The van der Waals surface area contributed by atoms with Crippen molar-refractivity contribution >= 4 is 11.4 Å². The number of nitro groups is 1. The highest BCUT2D eigenvalue weighted by Crippen LogP contribution is 2.37. The van der Waals surface area contributed by atoms with Crippen LogP contribution in [0.25, 0.3) is 0 Å². The Labute approximate surface area is 126 Å². The Morgan fingerprint density at radius 3 is 2.59 bits per heavy atom. The van der Waals surface area contributed by atoms with Crippen molar-refractivity contribution in [1.82, 2.24) is 4.90 Å². The number of anilines is 1. The van der Waals surface area contributed by atoms with Crippen LogP contribution < -0.4 is 4.90 Å². The molecule has 1 unspecified atom stereocenters. The van der Waals surface area contributed by atoms with E-state index in [2.05, 4.69) is 0 Å². The summed E-state index contributed by atoms with van der Waals surface area (Å²) in [6, 6.07) is 2.96. The van der Waals surface area contributed by atoms with Gasteiger partial charge in [0.25, 0.3) is 5.69 Å². The molecule has 0 aromatic heterocycles. The summed E-state index contributed by atoms with van der Waals surface area (Å²) in [7, 11) is 3.85. The maximum Gasteiger partial charge on any atom is 0.416 e. The number of benzene rings is 1. The number of piperidine rings is 1. The summed E-state index contributed by atoms with van der Waals surface area (Å²) >= 11 is 0. The van der Waals surface area contributed by atoms with E-state index in [0.717, 1.165) is 18.9 Å². The second kappa shape index (κ2) is 6.12. The molecule has 0 bridgehead atoms. The van der Waals surface area contributed by atoms with Crippen molar-refractivity contribution in [2.45, 2.75) is 25.1 Å². The maximum absolute atomic E-state index is 12.7. The van der Waals surface area contributed by atoms with Crippen LogP contribution in [-0.4, -0.2) is 43.0 Å². The Balaban J connectivity index is 2.36. The molecule has 1 heterocycles. The molecule has 1 aromatic carbocycles. The van der Waals surface area contributed by atoms with Crippen LogP contribution in [0.15, 0.2) is 18.2 Å². The molecule has 8 heteroatoms. The molecule has 1 atom stereocenters. The van der Waals surface area contributed by atoms with Crippen molar-refractivity contribution in [2.24, 2.45) is 0 Å². The van der Waals surface area contributed by atoms with Crippen LogP contribution in [-0.2, 0) is 6.18 Å². The number of rotatable bonds is 3. The van der Waals surface area contributed by atoms with Gasteiger partial charge in [0.1, 0.15) is 5.69 Å². The van der Waals surface area contributed by atoms with Gasteiger partial charge in [-0.3, -0.25) is 10.1 Å². The third-order valence-corrected chi connectivity index (χ3v) is 3.97. The van der Waals surface area contributed by atoms with Crippen molar-refractivity contribution in [1.29, 1.82) is 0 Å². The first kappa shape index (κ1) is 16.5. The fourth-order valence-electron chi connectivity index (χ4n) is 2.71. The molecular weight excluding hydrogens is 299 g/mol. The van der Waals surface area contributed by atoms with Gasteiger partial charge in [-0.15, -0.1) is 0 Å². The lowest BCUT2D eigenvalue weighted by Crippen LogP contribution is -2.45. The molecule has 1 aromatic rings. The number of halogens is 3. The minimum Gasteiger partial charge on any atom is -0.364 e. The van der Waals surface area contributed by atoms with Gasteiger partial charge >= 0.3 is 6.18 Å². The van der Waals surface area contributed by atoms with Crippen LogP contribution in [0, 0.1) is 10.1 Å². The van der Waals surface area contributed by atoms with E-state index >= 15 is 0 Å². The first-order valence-corrected chi connectivity index (χ1v) is 6.97. The molecule has 0 aliphatic carbocycles. The van der Waals surface area contributed by atoms with Gasteiger partial charge in [0.15, 0.2) is 0 Å². The molecular formula is C14H18F3N3O2. The van der Waals surface area contributed by atoms with Crippen LogP contribution in [0.2, 0.25) is 0 Å². The number of likely N-dealkylation sites (N-methyl/N-ethyl adjacent to an activating group) is 1. The van der Waals surface area contributed by atoms with Crippen LogP contribution in [0.1, 0.15) is 18.4 Å². The van der Waals surface area contributed by atoms with Crippen molar-refractivity contribution in [3.05, 3.63) is 33.9 Å². The second-order valence-corrected chi connectivity index (χ2v) is 5.66. The summed E-state index contributed by atoms with van der Waals surface area (Å²) in [6.45, 7) is 1.18. The highest BCUT2D eigenvalue weighted by molar-refractivity contribution is 5.65. The van der Waals surface area contributed by atoms with E-state index in [1.807, 2.05) is 19.0 Å². The van der Waals surface area contributed by atoms with Crippen LogP contribution >= 0.6 is 0 Å². The van der Waals surface area contributed by atoms with Crippen LogP contribution in [0.5, 0.6) is 0 Å². The van der Waals surface area contributed by atoms with Gasteiger partial charge in [-0.2, -0.15) is 13.2 Å². The molecule has 2 rings (SSSR count). The molecule has 1 aliphatic heterocycles. The van der Waals surface area contributed by atoms with E-state index in [-0.39, 0.29) is 11.7 Å². The molecule has 1 fully saturated rings. The van der Waals surface area contributed by atoms with Crippen molar-refractivity contribution in [2.75, 3.05) is 32.1 Å². The lowest BCUT2D eigenvalue weighted by atomic mass is 10.0. The minimum absolute atomic E-state index is 0.232. The van der Waals surface area contributed by atoms with Crippen molar-refractivity contribution in [3.8, 4) is 0 Å². The van der Waals surface area contributed by atoms with Gasteiger partial charge < -0.3 is 9.80 Å². The number of hydrogen-bond donors (Lipinski definition) is 0. The van der Waals surface area contributed by atoms with Crippen LogP contribution in [0.4, 0.5) is 24.5 Å². The number of hydrogen-bond acceptors (Lipinski definition) is 4. The van der Waals surface area contributed by atoms with Gasteiger partial charge in [-0.1, -0.05) is 0 Å². The zero-order valence-corrected chi connectivity index (χ0v) is 12.4. The predicted octanol–water partition coefficient (Wildman–Crippen LogP) is 3.14. The predicted molar refractivity (Wildman–Crippen MR) is 77.0 cm³/mol. The van der Waals surface area contributed by atoms with Gasteiger partial charge in [-0.05, 0) is 39.1 Å². The smallest absolute Gasteiger partial charge is 0.364 e. The Morgan fingerprint density at radius 2 is 2.05 bits per heavy atom. The van der Waals surface area contributed by atoms with Crippen molar-refractivity contribution < 1.29 is 18.1 Å². The standard InChI is InChI=1S/C14H18F3N3O2/c1-18(2)11-4-3-7-19(9-11)12-6-5-10(14(15,16)17)8-13(12)20(21)22/h5-6,8,11H,3-4,7,9H2,1-2H3. The topological polar surface area (TPSA) is 49.6 Å². The first-order valence-electron chi connectivity index (χ1n) is 6.97. The molecule has 122 valence electrons. The summed E-state index contributed by atoms with van der Waals surface area (Å²) in [5, 5.41) is 11.2. The first-order chi connectivity index (χ1) is 10.2. The fourth-order valence-corrected chi connectivity index (χ4v) is 2.71. The van der Waals surface area contributed by atoms with Gasteiger partial charge in [0.05, 0.1) is 10.5 Å². The zero-order valence-electron chi connectivity index (χ0n) is 12.4. The summed E-state index contributed by atoms with van der Waals surface area (Å²) in [5.74, 6) is 0. The van der Waals surface area contributed by atoms with Gasteiger partial charge in [-0.25, -0.2) is 0 Å². The molecule has 1 saturated heterocycles. The Bertz CT molecular complexity index is 561. The third kappa shape index (κ3) is 3.49. The average molecular weight is 317 g/mol. The Hall–Kier alpha value is -1.83. The maximum atomic E-state index is 12.7. The summed E-state index contributed by atoms with van der Waals surface area (Å²) < 4.78 is 38.2. The van der Waals surface area contributed by atoms with E-state index in [0.29, 0.717) is 19.2 Å². The number of nitrogens with zero attached hydrogens (tertiary/aromatic N) is 3. The molecule has 5 nitrogen and oxygen atoms in total. The number of nitro benzene ring substituents is 1. The summed E-state index contributed by atoms with van der Waals surface area (Å²) in [6.07, 6.45) is -2.77. The van der Waals surface area contributed by atoms with E-state index in [1.54, 1.807) is 4.90 Å². The van der Waals surface area contributed by atoms with Gasteiger partial charge in [0, 0.05) is 25.2 Å². The van der Waals surface area contributed by atoms with E-state index in [9.17, 15) is 23.3 Å². The molecule has 0 N–H and O–H groups in total. The molecule has 22 heavy (non-hydrogen) atoms. The zero-order chi connectivity index (χ0) is 16.5. The second-order valence-electron chi connectivity index (χ2n) is 5.66. The molecule has 1 aliphatic rings. The van der Waals surface area contributed by atoms with Crippen LogP contribution in [0.3, 0.4) is 0 Å². The number of alkyl halides is 3. The van der Waals surface area contributed by atoms with E-state index in [4.69, 9.17) is 0 Å². The largest absolute Gasteiger partial charge is 0.416 e. The molecule has 0 spiro atoms. The highest BCUT2D eigenvalue weighted by atomic mass is 19.4. The SMILES string of the molecule is CN(C)C1CCCN(c2ccc(C(F)(F)F)cc2[N+](=O)[O-])C1. The molecule has 0 saturated carbocycles. The lowest BCUT2D eigenvalue weighted by Gasteiger charge is -2.37. The normalized spacial score (nSPS) is 19.5. The minimum atomic E-state index is -4.59. The quantitative estimate of drug-likeness (QED) is 0.635. The highest BCUT2D eigenvalue weighted by Gasteiger charge is 2.34. The monoisotopic (exact) mass is 317 g/mol. The van der Waals surface area contributed by atoms with Gasteiger partial charge in [0.2, 0.25) is 0 Å². The van der Waals surface area contributed by atoms with E-state index in [1.165, 1.54) is 6.07 Å². The lowest BCUT2D eigenvalue weighted by molar-refractivity contribution is -0.384. The Morgan fingerprint density at radius 1 is 1.36 bits per heavy atom. The van der Waals surface area contributed by atoms with Crippen molar-refractivity contribution in [3.63, 3.8) is 0 Å². The third-order valence-electron chi connectivity index (χ3n) is 3.97. The van der Waals surface area contributed by atoms with E-state index < -0.39 is 22.4 Å². The fraction of sp³-hybridized carbons (Fsp3) is 0.571. The average Bonchev–Trinajstić information content (AvgIpc) is 2.45. The summed E-state index contributed by atoms with van der Waals surface area (Å²) in [4.78, 5) is 14.2. The Kier molecular flexibility index (Phi) is 4.60. The summed E-state index contributed by atoms with van der Waals surface area (Å²) in [5.41, 5.74) is -1.23. The molecule has 0 radical (unpaired) electrons. The molecule has 0 amide bonds.